The minimum Gasteiger partial charge on any atom is -0.480 e. The van der Waals surface area contributed by atoms with Crippen molar-refractivity contribution in [1.29, 1.82) is 0 Å². The maximum atomic E-state index is 14.0. The van der Waals surface area contributed by atoms with E-state index in [4.69, 9.17) is 11.6 Å². The van der Waals surface area contributed by atoms with Crippen LogP contribution in [0.2, 0.25) is 5.15 Å². The predicted octanol–water partition coefficient (Wildman–Crippen LogP) is 5.14. The molecule has 0 bridgehead atoms. The molecule has 0 radical (unpaired) electrons. The van der Waals surface area contributed by atoms with Gasteiger partial charge in [0.2, 0.25) is 11.8 Å². The summed E-state index contributed by atoms with van der Waals surface area (Å²) in [6.07, 6.45) is 8.14. The van der Waals surface area contributed by atoms with E-state index in [1.54, 1.807) is 0 Å². The Morgan fingerprint density at radius 1 is 0.953 bits per heavy atom. The Kier molecular flexibility index (Phi) is 11.3. The van der Waals surface area contributed by atoms with Crippen LogP contribution in [-0.4, -0.2) is 69.0 Å². The van der Waals surface area contributed by atoms with Crippen molar-refractivity contribution >= 4 is 46.3 Å². The number of halogens is 1. The standard InChI is InChI=1S/C32H46ClN5O5/c1-4-5-16-25(31(41)42)35-29(39)26(18-23-22-15-8-9-17-24(22)34-28(23)33)36-30(40)27(21-13-6-7-14-21)37-32(43)38-19(2)11-10-12-20(38)3/h8-9,15,17,19-21,25-27,34H,4-7,10-14,16,18H2,1-3H3,(H,35,39)(H,36,40)(H,37,43)(H,41,42)/t19-,20+,25-,26-,27+/m1/s1. The van der Waals surface area contributed by atoms with Gasteiger partial charge in [0.05, 0.1) is 0 Å². The number of benzene rings is 1. The second-order valence-corrected chi connectivity index (χ2v) is 12.7. The molecule has 0 spiro atoms. The van der Waals surface area contributed by atoms with E-state index in [2.05, 4.69) is 20.9 Å². The lowest BCUT2D eigenvalue weighted by molar-refractivity contribution is -0.142. The van der Waals surface area contributed by atoms with Crippen LogP contribution in [-0.2, 0) is 20.8 Å². The molecule has 5 N–H and O–H groups in total. The fourth-order valence-corrected chi connectivity index (χ4v) is 6.98. The van der Waals surface area contributed by atoms with Gasteiger partial charge in [-0.05, 0) is 69.9 Å². The van der Waals surface area contributed by atoms with Gasteiger partial charge in [-0.25, -0.2) is 9.59 Å². The number of amides is 4. The molecule has 2 fully saturated rings. The van der Waals surface area contributed by atoms with Crippen LogP contribution in [0.25, 0.3) is 10.9 Å². The molecular weight excluding hydrogens is 570 g/mol. The predicted molar refractivity (Wildman–Crippen MR) is 167 cm³/mol. The molecule has 4 amide bonds. The third-order valence-corrected chi connectivity index (χ3v) is 9.45. The van der Waals surface area contributed by atoms with E-state index in [-0.39, 0.29) is 36.9 Å². The monoisotopic (exact) mass is 615 g/mol. The van der Waals surface area contributed by atoms with Gasteiger partial charge >= 0.3 is 12.0 Å². The first-order valence-corrected chi connectivity index (χ1v) is 16.2. The van der Waals surface area contributed by atoms with Crippen LogP contribution >= 0.6 is 11.6 Å². The zero-order valence-corrected chi connectivity index (χ0v) is 26.2. The average Bonchev–Trinajstić information content (AvgIpc) is 3.61. The number of H-pyrrole nitrogens is 1. The van der Waals surface area contributed by atoms with Gasteiger partial charge in [-0.15, -0.1) is 0 Å². The topological polar surface area (TPSA) is 144 Å². The number of carboxylic acids is 1. The summed E-state index contributed by atoms with van der Waals surface area (Å²) in [5, 5.41) is 19.5. The van der Waals surface area contributed by atoms with Gasteiger partial charge in [0.25, 0.3) is 0 Å². The fraction of sp³-hybridized carbons (Fsp3) is 0.625. The summed E-state index contributed by atoms with van der Waals surface area (Å²) >= 11 is 6.57. The van der Waals surface area contributed by atoms with Gasteiger partial charge in [-0.2, -0.15) is 0 Å². The lowest BCUT2D eigenvalue weighted by Crippen LogP contribution is -2.60. The van der Waals surface area contributed by atoms with E-state index in [0.717, 1.165) is 62.3 Å². The van der Waals surface area contributed by atoms with Crippen molar-refractivity contribution in [1.82, 2.24) is 25.8 Å². The van der Waals surface area contributed by atoms with E-state index in [0.29, 0.717) is 17.1 Å². The lowest BCUT2D eigenvalue weighted by atomic mass is 9.95. The van der Waals surface area contributed by atoms with Crippen molar-refractivity contribution in [2.75, 3.05) is 0 Å². The molecule has 236 valence electrons. The number of likely N-dealkylation sites (tertiary alicyclic amines) is 1. The first-order valence-electron chi connectivity index (χ1n) is 15.8. The summed E-state index contributed by atoms with van der Waals surface area (Å²) < 4.78 is 0. The Hall–Kier alpha value is -3.27. The Bertz CT molecular complexity index is 1280. The van der Waals surface area contributed by atoms with Gasteiger partial charge in [-0.1, -0.05) is 62.4 Å². The lowest BCUT2D eigenvalue weighted by Gasteiger charge is -2.40. The zero-order valence-electron chi connectivity index (χ0n) is 25.5. The highest BCUT2D eigenvalue weighted by Gasteiger charge is 2.38. The molecule has 4 rings (SSSR count). The number of piperidine rings is 1. The van der Waals surface area contributed by atoms with Crippen LogP contribution in [0.4, 0.5) is 4.79 Å². The number of fused-ring (bicyclic) bond motifs is 1. The minimum atomic E-state index is -1.13. The number of aliphatic carboxylic acids is 1. The second kappa shape index (κ2) is 14.9. The number of hydrogen-bond donors (Lipinski definition) is 5. The highest BCUT2D eigenvalue weighted by Crippen LogP contribution is 2.30. The second-order valence-electron chi connectivity index (χ2n) is 12.3. The molecule has 10 nitrogen and oxygen atoms in total. The normalized spacial score (nSPS) is 21.3. The number of nitrogens with zero attached hydrogens (tertiary/aromatic N) is 1. The van der Waals surface area contributed by atoms with Crippen molar-refractivity contribution in [3.05, 3.63) is 35.0 Å². The summed E-state index contributed by atoms with van der Waals surface area (Å²) in [6.45, 7) is 6.01. The molecular formula is C32H46ClN5O5. The van der Waals surface area contributed by atoms with E-state index in [9.17, 15) is 24.3 Å². The molecule has 2 heterocycles. The number of para-hydroxylation sites is 1. The van der Waals surface area contributed by atoms with Gasteiger partial charge in [0.15, 0.2) is 0 Å². The molecule has 1 saturated heterocycles. The molecule has 1 aromatic heterocycles. The Balaban J connectivity index is 1.60. The van der Waals surface area contributed by atoms with Crippen LogP contribution in [0, 0.1) is 5.92 Å². The number of rotatable bonds is 12. The number of aromatic nitrogens is 1. The molecule has 1 aromatic carbocycles. The van der Waals surface area contributed by atoms with Crippen molar-refractivity contribution in [2.45, 2.75) is 122 Å². The van der Waals surface area contributed by atoms with Gasteiger partial charge in [0, 0.05) is 29.4 Å². The molecule has 1 saturated carbocycles. The summed E-state index contributed by atoms with van der Waals surface area (Å²) in [5.74, 6) is -2.24. The maximum Gasteiger partial charge on any atom is 0.326 e. The number of hydrogen-bond acceptors (Lipinski definition) is 4. The van der Waals surface area contributed by atoms with Crippen LogP contribution < -0.4 is 16.0 Å². The van der Waals surface area contributed by atoms with Crippen LogP contribution in [0.5, 0.6) is 0 Å². The van der Waals surface area contributed by atoms with Crippen molar-refractivity contribution in [3.8, 4) is 0 Å². The summed E-state index contributed by atoms with van der Waals surface area (Å²) in [7, 11) is 0. The van der Waals surface area contributed by atoms with Gasteiger partial charge in [0.1, 0.15) is 23.3 Å². The molecule has 1 aliphatic heterocycles. The van der Waals surface area contributed by atoms with E-state index in [1.165, 1.54) is 0 Å². The highest BCUT2D eigenvalue weighted by molar-refractivity contribution is 6.31. The zero-order chi connectivity index (χ0) is 31.1. The molecule has 11 heteroatoms. The summed E-state index contributed by atoms with van der Waals surface area (Å²) in [6, 6.07) is 4.34. The molecule has 1 aliphatic carbocycles. The number of unbranched alkanes of at least 4 members (excludes halogenated alkanes) is 1. The largest absolute Gasteiger partial charge is 0.480 e. The van der Waals surface area contributed by atoms with Crippen LogP contribution in [0.1, 0.15) is 90.5 Å². The average molecular weight is 616 g/mol. The fourth-order valence-electron chi connectivity index (χ4n) is 6.70. The van der Waals surface area contributed by atoms with E-state index < -0.39 is 35.9 Å². The Morgan fingerprint density at radius 2 is 1.60 bits per heavy atom. The SMILES string of the molecule is CCCC[C@@H](NC(=O)[C@@H](Cc1c(Cl)[nH]c2ccccc12)NC(=O)[C@@H](NC(=O)N1[C@H](C)CCC[C@@H]1C)C1CCCC1)C(=O)O. The Morgan fingerprint density at radius 3 is 2.26 bits per heavy atom. The third kappa shape index (κ3) is 8.02. The van der Waals surface area contributed by atoms with Crippen molar-refractivity contribution in [2.24, 2.45) is 5.92 Å². The first-order chi connectivity index (χ1) is 20.6. The molecule has 0 unspecified atom stereocenters. The number of carbonyl (C=O) groups is 4. The third-order valence-electron chi connectivity index (χ3n) is 9.12. The maximum absolute atomic E-state index is 14.0. The van der Waals surface area contributed by atoms with Crippen LogP contribution in [0.15, 0.2) is 24.3 Å². The first kappa shape index (κ1) is 32.6. The van der Waals surface area contributed by atoms with Gasteiger partial charge < -0.3 is 30.9 Å². The van der Waals surface area contributed by atoms with E-state index in [1.807, 2.05) is 49.9 Å². The number of urea groups is 1. The summed E-state index contributed by atoms with van der Waals surface area (Å²) in [5.41, 5.74) is 1.44. The number of carbonyl (C=O) groups excluding carboxylic acids is 3. The van der Waals surface area contributed by atoms with Crippen LogP contribution in [0.3, 0.4) is 0 Å². The summed E-state index contributed by atoms with van der Waals surface area (Å²) in [4.78, 5) is 58.2. The highest BCUT2D eigenvalue weighted by atomic mass is 35.5. The Labute approximate surface area is 258 Å². The van der Waals surface area contributed by atoms with E-state index >= 15 is 0 Å². The molecule has 2 aliphatic rings. The van der Waals surface area contributed by atoms with Crippen molar-refractivity contribution in [3.63, 3.8) is 0 Å². The number of carboxylic acid groups (broad SMARTS) is 1. The number of nitrogens with one attached hydrogen (secondary N) is 4. The smallest absolute Gasteiger partial charge is 0.326 e. The molecule has 5 atom stereocenters. The number of aromatic amines is 1. The molecule has 43 heavy (non-hydrogen) atoms. The van der Waals surface area contributed by atoms with Gasteiger partial charge in [-0.3, -0.25) is 9.59 Å². The minimum absolute atomic E-state index is 0.0477. The quantitative estimate of drug-likeness (QED) is 0.225. The van der Waals surface area contributed by atoms with Crippen molar-refractivity contribution < 1.29 is 24.3 Å². The molecule has 2 aromatic rings.